The molecular weight excluding hydrogens is 460 g/mol. The van der Waals surface area contributed by atoms with Crippen LogP contribution in [-0.4, -0.2) is 57.5 Å². The molecule has 9 heteroatoms. The monoisotopic (exact) mass is 480 g/mol. The number of hydrogen-bond acceptors (Lipinski definition) is 7. The molecular formula is C24H21ClN4O3S. The molecule has 3 heterocycles. The van der Waals surface area contributed by atoms with Crippen LogP contribution in [0.25, 0.3) is 33.6 Å². The highest BCUT2D eigenvalue weighted by Gasteiger charge is 2.25. The number of pyridine rings is 1. The van der Waals surface area contributed by atoms with E-state index < -0.39 is 0 Å². The first-order chi connectivity index (χ1) is 16.1. The van der Waals surface area contributed by atoms with Gasteiger partial charge in [0.05, 0.1) is 35.2 Å². The molecule has 1 fully saturated rings. The van der Waals surface area contributed by atoms with Crippen LogP contribution in [0.1, 0.15) is 6.92 Å². The Balaban J connectivity index is 1.44. The van der Waals surface area contributed by atoms with E-state index in [2.05, 4.69) is 10.2 Å². The lowest BCUT2D eigenvalue weighted by molar-refractivity contribution is -0.134. The van der Waals surface area contributed by atoms with E-state index >= 15 is 0 Å². The van der Waals surface area contributed by atoms with Gasteiger partial charge in [0.2, 0.25) is 11.8 Å². The first kappa shape index (κ1) is 21.9. The van der Waals surface area contributed by atoms with Gasteiger partial charge in [-0.2, -0.15) is 0 Å². The van der Waals surface area contributed by atoms with E-state index in [0.717, 1.165) is 27.7 Å². The van der Waals surface area contributed by atoms with Crippen LogP contribution < -0.4 is 0 Å². The first-order valence-electron chi connectivity index (χ1n) is 10.6. The summed E-state index contributed by atoms with van der Waals surface area (Å²) in [5.41, 5.74) is 3.33. The maximum atomic E-state index is 12.7. The van der Waals surface area contributed by atoms with Crippen molar-refractivity contribution >= 4 is 40.2 Å². The van der Waals surface area contributed by atoms with Crippen molar-refractivity contribution in [2.24, 2.45) is 0 Å². The molecule has 1 aliphatic rings. The Labute approximate surface area is 200 Å². The molecule has 2 aromatic heterocycles. The molecule has 1 aliphatic heterocycles. The number of rotatable bonds is 5. The lowest BCUT2D eigenvalue weighted by Crippen LogP contribution is -2.44. The number of nitrogens with zero attached hydrogens (tertiary/aromatic N) is 4. The van der Waals surface area contributed by atoms with Gasteiger partial charge in [-0.05, 0) is 31.2 Å². The normalized spacial score (nSPS) is 15.0. The van der Waals surface area contributed by atoms with Gasteiger partial charge in [0, 0.05) is 29.1 Å². The number of halogens is 1. The lowest BCUT2D eigenvalue weighted by Gasteiger charge is -2.28. The maximum Gasteiger partial charge on any atom is 0.277 e. The van der Waals surface area contributed by atoms with Crippen molar-refractivity contribution in [3.63, 3.8) is 0 Å². The molecule has 0 bridgehead atoms. The van der Waals surface area contributed by atoms with Gasteiger partial charge in [0.25, 0.3) is 5.22 Å². The number of aromatic nitrogens is 3. The van der Waals surface area contributed by atoms with Gasteiger partial charge in [0.15, 0.2) is 0 Å². The Morgan fingerprint density at radius 1 is 1.09 bits per heavy atom. The smallest absolute Gasteiger partial charge is 0.277 e. The highest BCUT2D eigenvalue weighted by Crippen LogP contribution is 2.34. The van der Waals surface area contributed by atoms with Gasteiger partial charge >= 0.3 is 0 Å². The van der Waals surface area contributed by atoms with Crippen LogP contribution in [0.3, 0.4) is 0 Å². The molecule has 168 valence electrons. The molecule has 2 aromatic carbocycles. The Morgan fingerprint density at radius 3 is 2.64 bits per heavy atom. The zero-order chi connectivity index (χ0) is 22.8. The lowest BCUT2D eigenvalue weighted by atomic mass is 10.0. The summed E-state index contributed by atoms with van der Waals surface area (Å²) in [4.78, 5) is 19.3. The molecule has 1 saturated heterocycles. The molecule has 4 aromatic rings. The van der Waals surface area contributed by atoms with E-state index in [1.807, 2.05) is 66.4 Å². The number of thioether (sulfide) groups is 1. The van der Waals surface area contributed by atoms with Crippen molar-refractivity contribution in [2.45, 2.75) is 17.4 Å². The highest BCUT2D eigenvalue weighted by molar-refractivity contribution is 8.00. The number of benzene rings is 2. The van der Waals surface area contributed by atoms with E-state index in [4.69, 9.17) is 25.7 Å². The van der Waals surface area contributed by atoms with Crippen molar-refractivity contribution in [1.29, 1.82) is 0 Å². The molecule has 0 N–H and O–H groups in total. The molecule has 0 saturated carbocycles. The van der Waals surface area contributed by atoms with E-state index in [9.17, 15) is 4.79 Å². The summed E-state index contributed by atoms with van der Waals surface area (Å²) in [5.74, 6) is 0.430. The summed E-state index contributed by atoms with van der Waals surface area (Å²) in [6.07, 6.45) is 0. The third-order valence-electron chi connectivity index (χ3n) is 5.44. The fourth-order valence-corrected chi connectivity index (χ4v) is 4.62. The molecule has 0 spiro atoms. The second-order valence-corrected chi connectivity index (χ2v) is 9.38. The second kappa shape index (κ2) is 9.51. The predicted octanol–water partition coefficient (Wildman–Crippen LogP) is 4.94. The molecule has 5 rings (SSSR count). The molecule has 0 aliphatic carbocycles. The number of fused-ring (bicyclic) bond motifs is 1. The van der Waals surface area contributed by atoms with Gasteiger partial charge in [-0.15, -0.1) is 10.2 Å². The summed E-state index contributed by atoms with van der Waals surface area (Å²) in [6.45, 7) is 4.20. The minimum atomic E-state index is -0.338. The summed E-state index contributed by atoms with van der Waals surface area (Å²) in [7, 11) is 0. The topological polar surface area (TPSA) is 81.3 Å². The van der Waals surface area contributed by atoms with E-state index in [-0.39, 0.29) is 11.2 Å². The maximum absolute atomic E-state index is 12.7. The molecule has 7 nitrogen and oxygen atoms in total. The number of hydrogen-bond donors (Lipinski definition) is 0. The summed E-state index contributed by atoms with van der Waals surface area (Å²) in [5, 5.41) is 10.1. The van der Waals surface area contributed by atoms with Crippen molar-refractivity contribution in [2.75, 3.05) is 26.3 Å². The molecule has 0 radical (unpaired) electrons. The van der Waals surface area contributed by atoms with Crippen LogP contribution in [0.4, 0.5) is 0 Å². The number of amides is 1. The van der Waals surface area contributed by atoms with E-state index in [1.54, 1.807) is 0 Å². The fraction of sp³-hybridized carbons (Fsp3) is 0.250. The van der Waals surface area contributed by atoms with E-state index in [1.165, 1.54) is 11.8 Å². The quantitative estimate of drug-likeness (QED) is 0.374. The number of carbonyl (C=O) groups excluding carboxylic acids is 1. The van der Waals surface area contributed by atoms with Crippen molar-refractivity contribution in [3.8, 4) is 22.7 Å². The molecule has 33 heavy (non-hydrogen) atoms. The van der Waals surface area contributed by atoms with Crippen LogP contribution in [-0.2, 0) is 9.53 Å². The summed E-state index contributed by atoms with van der Waals surface area (Å²) < 4.78 is 11.3. The second-order valence-electron chi connectivity index (χ2n) is 7.65. The Bertz CT molecular complexity index is 1290. The number of para-hydroxylation sites is 1. The van der Waals surface area contributed by atoms with Gasteiger partial charge in [-0.25, -0.2) is 4.98 Å². The Kier molecular flexibility index (Phi) is 6.30. The number of morpholine rings is 1. The average molecular weight is 481 g/mol. The van der Waals surface area contributed by atoms with Crippen LogP contribution >= 0.6 is 23.4 Å². The predicted molar refractivity (Wildman–Crippen MR) is 128 cm³/mol. The van der Waals surface area contributed by atoms with Gasteiger partial charge < -0.3 is 14.1 Å². The van der Waals surface area contributed by atoms with Crippen LogP contribution in [0.2, 0.25) is 5.02 Å². The van der Waals surface area contributed by atoms with Gasteiger partial charge in [-0.1, -0.05) is 53.7 Å². The highest BCUT2D eigenvalue weighted by atomic mass is 35.5. The zero-order valence-electron chi connectivity index (χ0n) is 17.9. The molecule has 1 atom stereocenters. The van der Waals surface area contributed by atoms with Gasteiger partial charge in [-0.3, -0.25) is 4.79 Å². The summed E-state index contributed by atoms with van der Waals surface area (Å²) in [6, 6.07) is 17.3. The molecule has 0 unspecified atom stereocenters. The Hall–Kier alpha value is -2.94. The van der Waals surface area contributed by atoms with Crippen LogP contribution in [0.15, 0.2) is 64.2 Å². The SMILES string of the molecule is C[C@@H](Sc1nnc(-c2cc(-c3ccc(Cl)cc3)nc3ccccc23)o1)C(=O)N1CCOCC1. The van der Waals surface area contributed by atoms with Gasteiger partial charge in [0.1, 0.15) is 0 Å². The van der Waals surface area contributed by atoms with E-state index in [0.29, 0.717) is 42.4 Å². The Morgan fingerprint density at radius 2 is 1.85 bits per heavy atom. The van der Waals surface area contributed by atoms with Crippen LogP contribution in [0, 0.1) is 0 Å². The standard InChI is InChI=1S/C24H21ClN4O3S/c1-15(23(30)29-10-12-31-13-11-29)33-24-28-27-22(32-24)19-14-21(16-6-8-17(25)9-7-16)26-20-5-3-2-4-18(19)20/h2-9,14-15H,10-13H2,1H3/t15-/m1/s1. The molecule has 1 amide bonds. The van der Waals surface area contributed by atoms with Crippen molar-refractivity contribution in [3.05, 3.63) is 59.6 Å². The van der Waals surface area contributed by atoms with Crippen LogP contribution in [0.5, 0.6) is 0 Å². The largest absolute Gasteiger partial charge is 0.411 e. The zero-order valence-corrected chi connectivity index (χ0v) is 19.5. The number of carbonyl (C=O) groups is 1. The number of ether oxygens (including phenoxy) is 1. The fourth-order valence-electron chi connectivity index (χ4n) is 3.73. The summed E-state index contributed by atoms with van der Waals surface area (Å²) >= 11 is 7.31. The third-order valence-corrected chi connectivity index (χ3v) is 6.61. The minimum absolute atomic E-state index is 0.0439. The van der Waals surface area contributed by atoms with Crippen molar-refractivity contribution < 1.29 is 13.9 Å². The van der Waals surface area contributed by atoms with Crippen molar-refractivity contribution in [1.82, 2.24) is 20.1 Å². The third kappa shape index (κ3) is 4.73. The minimum Gasteiger partial charge on any atom is -0.411 e. The average Bonchev–Trinajstić information content (AvgIpc) is 3.32. The first-order valence-corrected chi connectivity index (χ1v) is 11.9.